The van der Waals surface area contributed by atoms with Crippen LogP contribution in [0.4, 0.5) is 0 Å². The van der Waals surface area contributed by atoms with Gasteiger partial charge in [0.2, 0.25) is 5.91 Å². The summed E-state index contributed by atoms with van der Waals surface area (Å²) in [6.07, 6.45) is 3.26. The standard InChI is InChI=1S/C14H19N3O2S2/c1-3-4-5-7-15-11(18)9-21-14-16-10-6-8-20-12(10)13(19)17(14)2/h6,8H,3-5,7,9H2,1-2H3,(H,15,18). The van der Waals surface area contributed by atoms with Crippen molar-refractivity contribution in [3.63, 3.8) is 0 Å². The average molecular weight is 325 g/mol. The van der Waals surface area contributed by atoms with Crippen molar-refractivity contribution in [1.82, 2.24) is 14.9 Å². The van der Waals surface area contributed by atoms with Gasteiger partial charge in [0.05, 0.1) is 11.3 Å². The molecule has 1 amide bonds. The van der Waals surface area contributed by atoms with E-state index in [0.717, 1.165) is 19.3 Å². The maximum Gasteiger partial charge on any atom is 0.271 e. The molecule has 2 heterocycles. The molecule has 0 aromatic carbocycles. The van der Waals surface area contributed by atoms with Crippen LogP contribution in [0.25, 0.3) is 10.2 Å². The lowest BCUT2D eigenvalue weighted by molar-refractivity contribution is -0.118. The molecular formula is C14H19N3O2S2. The van der Waals surface area contributed by atoms with E-state index < -0.39 is 0 Å². The molecule has 0 unspecified atom stereocenters. The van der Waals surface area contributed by atoms with Gasteiger partial charge in [0.1, 0.15) is 4.70 Å². The average Bonchev–Trinajstić information content (AvgIpc) is 2.94. The first-order chi connectivity index (χ1) is 10.1. The van der Waals surface area contributed by atoms with Crippen LogP contribution >= 0.6 is 23.1 Å². The molecule has 0 aliphatic heterocycles. The third-order valence-electron chi connectivity index (χ3n) is 3.08. The number of hydrogen-bond donors (Lipinski definition) is 1. The van der Waals surface area contributed by atoms with Crippen LogP contribution in [0.5, 0.6) is 0 Å². The van der Waals surface area contributed by atoms with Crippen molar-refractivity contribution in [2.45, 2.75) is 31.3 Å². The number of hydrogen-bond acceptors (Lipinski definition) is 5. The molecule has 0 bridgehead atoms. The summed E-state index contributed by atoms with van der Waals surface area (Å²) in [5.41, 5.74) is 0.648. The lowest BCUT2D eigenvalue weighted by Gasteiger charge is -2.07. The number of nitrogens with zero attached hydrogens (tertiary/aromatic N) is 2. The van der Waals surface area contributed by atoms with Crippen LogP contribution in [0.3, 0.4) is 0 Å². The van der Waals surface area contributed by atoms with E-state index in [2.05, 4.69) is 17.2 Å². The molecule has 2 aromatic heterocycles. The fourth-order valence-corrected chi connectivity index (χ4v) is 3.49. The second kappa shape index (κ2) is 7.61. The third-order valence-corrected chi connectivity index (χ3v) is 5.00. The van der Waals surface area contributed by atoms with Crippen LogP contribution in [0.15, 0.2) is 21.4 Å². The molecule has 1 N–H and O–H groups in total. The lowest BCUT2D eigenvalue weighted by atomic mass is 10.2. The first-order valence-corrected chi connectivity index (χ1v) is 8.83. The topological polar surface area (TPSA) is 64.0 Å². The number of thioether (sulfide) groups is 1. The Kier molecular flexibility index (Phi) is 5.81. The maximum absolute atomic E-state index is 12.1. The summed E-state index contributed by atoms with van der Waals surface area (Å²) in [7, 11) is 1.69. The Morgan fingerprint density at radius 2 is 2.29 bits per heavy atom. The highest BCUT2D eigenvalue weighted by Crippen LogP contribution is 2.19. The summed E-state index contributed by atoms with van der Waals surface area (Å²) in [6, 6.07) is 1.83. The molecule has 2 rings (SSSR count). The Morgan fingerprint density at radius 1 is 1.48 bits per heavy atom. The Labute approximate surface area is 131 Å². The summed E-state index contributed by atoms with van der Waals surface area (Å²) >= 11 is 2.69. The van der Waals surface area contributed by atoms with Crippen molar-refractivity contribution in [1.29, 1.82) is 0 Å². The summed E-state index contributed by atoms with van der Waals surface area (Å²) in [4.78, 5) is 28.3. The number of thiophene rings is 1. The molecule has 0 aliphatic carbocycles. The van der Waals surface area contributed by atoms with E-state index in [1.54, 1.807) is 7.05 Å². The van der Waals surface area contributed by atoms with E-state index >= 15 is 0 Å². The fourth-order valence-electron chi connectivity index (χ4n) is 1.88. The number of carbonyl (C=O) groups is 1. The highest BCUT2D eigenvalue weighted by Gasteiger charge is 2.11. The van der Waals surface area contributed by atoms with E-state index in [1.165, 1.54) is 27.7 Å². The minimum absolute atomic E-state index is 0.0178. The van der Waals surface area contributed by atoms with Crippen LogP contribution in [0.2, 0.25) is 0 Å². The molecular weight excluding hydrogens is 306 g/mol. The van der Waals surface area contributed by atoms with Crippen LogP contribution < -0.4 is 10.9 Å². The van der Waals surface area contributed by atoms with Crippen LogP contribution in [-0.4, -0.2) is 27.8 Å². The van der Waals surface area contributed by atoms with Gasteiger partial charge in [0.15, 0.2) is 5.16 Å². The van der Waals surface area contributed by atoms with Gasteiger partial charge in [0.25, 0.3) is 5.56 Å². The number of carbonyl (C=O) groups excluding carboxylic acids is 1. The van der Waals surface area contributed by atoms with Gasteiger partial charge in [0, 0.05) is 13.6 Å². The van der Waals surface area contributed by atoms with Crippen LogP contribution in [-0.2, 0) is 11.8 Å². The first-order valence-electron chi connectivity index (χ1n) is 6.97. The molecule has 0 atom stereocenters. The van der Waals surface area contributed by atoms with Crippen LogP contribution in [0.1, 0.15) is 26.2 Å². The van der Waals surface area contributed by atoms with E-state index in [0.29, 0.717) is 21.9 Å². The summed E-state index contributed by atoms with van der Waals surface area (Å²) in [5, 5.41) is 5.31. The van der Waals surface area contributed by atoms with Gasteiger partial charge < -0.3 is 5.32 Å². The summed E-state index contributed by atoms with van der Waals surface area (Å²) < 4.78 is 2.17. The SMILES string of the molecule is CCCCCNC(=O)CSc1nc2ccsc2c(=O)n1C. The van der Waals surface area contributed by atoms with Crippen molar-refractivity contribution in [3.8, 4) is 0 Å². The third kappa shape index (κ3) is 4.07. The summed E-state index contributed by atoms with van der Waals surface area (Å²) in [5.74, 6) is 0.262. The number of rotatable bonds is 7. The predicted molar refractivity (Wildman–Crippen MR) is 88.1 cm³/mol. The normalized spacial score (nSPS) is 11.0. The molecule has 0 saturated heterocycles. The van der Waals surface area contributed by atoms with Gasteiger partial charge in [-0.2, -0.15) is 0 Å². The minimum atomic E-state index is -0.0548. The molecule has 0 saturated carbocycles. The van der Waals surface area contributed by atoms with Crippen molar-refractivity contribution >= 4 is 39.2 Å². The minimum Gasteiger partial charge on any atom is -0.355 e. The zero-order valence-electron chi connectivity index (χ0n) is 12.2. The Morgan fingerprint density at radius 3 is 3.05 bits per heavy atom. The van der Waals surface area contributed by atoms with Gasteiger partial charge >= 0.3 is 0 Å². The predicted octanol–water partition coefficient (Wildman–Crippen LogP) is 2.39. The molecule has 5 nitrogen and oxygen atoms in total. The zero-order chi connectivity index (χ0) is 15.2. The Balaban J connectivity index is 1.95. The molecule has 2 aromatic rings. The zero-order valence-corrected chi connectivity index (χ0v) is 13.9. The Bertz CT molecular complexity index is 678. The van der Waals surface area contributed by atoms with Crippen molar-refractivity contribution in [2.75, 3.05) is 12.3 Å². The molecule has 0 spiro atoms. The van der Waals surface area contributed by atoms with E-state index in [1.807, 2.05) is 11.4 Å². The van der Waals surface area contributed by atoms with Crippen molar-refractivity contribution in [2.24, 2.45) is 7.05 Å². The number of amides is 1. The fraction of sp³-hybridized carbons (Fsp3) is 0.500. The number of aromatic nitrogens is 2. The quantitative estimate of drug-likeness (QED) is 0.482. The van der Waals surface area contributed by atoms with E-state index in [4.69, 9.17) is 0 Å². The number of nitrogens with one attached hydrogen (secondary N) is 1. The lowest BCUT2D eigenvalue weighted by Crippen LogP contribution is -2.27. The largest absolute Gasteiger partial charge is 0.355 e. The van der Waals surface area contributed by atoms with Crippen molar-refractivity contribution < 1.29 is 4.79 Å². The van der Waals surface area contributed by atoms with Crippen LogP contribution in [0, 0.1) is 0 Å². The van der Waals surface area contributed by atoms with Gasteiger partial charge in [-0.05, 0) is 17.9 Å². The molecule has 7 heteroatoms. The molecule has 114 valence electrons. The molecule has 0 aliphatic rings. The van der Waals surface area contributed by atoms with Gasteiger partial charge in [-0.3, -0.25) is 14.2 Å². The summed E-state index contributed by atoms with van der Waals surface area (Å²) in [6.45, 7) is 2.84. The molecule has 0 fully saturated rings. The van der Waals surface area contributed by atoms with Gasteiger partial charge in [-0.1, -0.05) is 31.5 Å². The molecule has 21 heavy (non-hydrogen) atoms. The maximum atomic E-state index is 12.1. The van der Waals surface area contributed by atoms with E-state index in [-0.39, 0.29) is 17.2 Å². The van der Waals surface area contributed by atoms with Crippen molar-refractivity contribution in [3.05, 3.63) is 21.8 Å². The monoisotopic (exact) mass is 325 g/mol. The van der Waals surface area contributed by atoms with Gasteiger partial charge in [-0.15, -0.1) is 11.3 Å². The smallest absolute Gasteiger partial charge is 0.271 e. The Hall–Kier alpha value is -1.34. The second-order valence-corrected chi connectivity index (χ2v) is 6.60. The number of fused-ring (bicyclic) bond motifs is 1. The molecule has 0 radical (unpaired) electrons. The van der Waals surface area contributed by atoms with Gasteiger partial charge in [-0.25, -0.2) is 4.98 Å². The number of unbranched alkanes of at least 4 members (excludes halogenated alkanes) is 2. The second-order valence-electron chi connectivity index (χ2n) is 4.74. The first kappa shape index (κ1) is 16.0. The highest BCUT2D eigenvalue weighted by molar-refractivity contribution is 7.99. The highest BCUT2D eigenvalue weighted by atomic mass is 32.2. The van der Waals surface area contributed by atoms with E-state index in [9.17, 15) is 9.59 Å².